The molecule has 0 aliphatic carbocycles. The topological polar surface area (TPSA) is 63.2 Å². The minimum Gasteiger partial charge on any atom is -0.464 e. The molecule has 112 valence electrons. The third kappa shape index (κ3) is 3.49. The fraction of sp³-hybridized carbons (Fsp3) is 0.786. The molecule has 0 radical (unpaired) electrons. The summed E-state index contributed by atoms with van der Waals surface area (Å²) in [6, 6.07) is 0.403. The van der Waals surface area contributed by atoms with E-state index in [0.29, 0.717) is 24.5 Å². The third-order valence-corrected chi connectivity index (χ3v) is 3.83. The molecule has 6 nitrogen and oxygen atoms in total. The van der Waals surface area contributed by atoms with Crippen molar-refractivity contribution in [1.29, 1.82) is 0 Å². The second-order valence-electron chi connectivity index (χ2n) is 5.39. The van der Waals surface area contributed by atoms with Crippen molar-refractivity contribution in [2.75, 3.05) is 36.5 Å². The Morgan fingerprint density at radius 3 is 2.65 bits per heavy atom. The van der Waals surface area contributed by atoms with Crippen molar-refractivity contribution in [3.8, 4) is 6.01 Å². The lowest BCUT2D eigenvalue weighted by Crippen LogP contribution is -2.39. The summed E-state index contributed by atoms with van der Waals surface area (Å²) in [5.74, 6) is 2.72. The lowest BCUT2D eigenvalue weighted by atomic mass is 9.89. The summed E-state index contributed by atoms with van der Waals surface area (Å²) >= 11 is 0. The molecule has 20 heavy (non-hydrogen) atoms. The molecule has 0 amide bonds. The number of anilines is 2. The lowest BCUT2D eigenvalue weighted by Gasteiger charge is -2.35. The molecule has 0 spiro atoms. The van der Waals surface area contributed by atoms with Crippen LogP contribution >= 0.6 is 0 Å². The molecule has 2 heterocycles. The summed E-state index contributed by atoms with van der Waals surface area (Å²) in [6.07, 6.45) is 1.17. The van der Waals surface area contributed by atoms with Crippen LogP contribution in [0.4, 0.5) is 11.9 Å². The number of piperidine rings is 1. The molecule has 1 saturated heterocycles. The molecule has 1 aromatic heterocycles. The SMILES string of the molecule is CCNc1nc(OCC)nc(N2CCC(C)C(C)C2)n1. The smallest absolute Gasteiger partial charge is 0.323 e. The quantitative estimate of drug-likeness (QED) is 0.891. The highest BCUT2D eigenvalue weighted by Gasteiger charge is 2.25. The third-order valence-electron chi connectivity index (χ3n) is 3.83. The average molecular weight is 279 g/mol. The predicted molar refractivity (Wildman–Crippen MR) is 80.3 cm³/mol. The number of nitrogens with zero attached hydrogens (tertiary/aromatic N) is 4. The van der Waals surface area contributed by atoms with Gasteiger partial charge in [0.25, 0.3) is 0 Å². The highest BCUT2D eigenvalue weighted by Crippen LogP contribution is 2.26. The van der Waals surface area contributed by atoms with Crippen LogP contribution in [0.15, 0.2) is 0 Å². The lowest BCUT2D eigenvalue weighted by molar-refractivity contribution is 0.306. The zero-order valence-corrected chi connectivity index (χ0v) is 12.9. The van der Waals surface area contributed by atoms with Gasteiger partial charge in [-0.1, -0.05) is 13.8 Å². The Balaban J connectivity index is 2.20. The minimum absolute atomic E-state index is 0.403. The molecule has 0 saturated carbocycles. The van der Waals surface area contributed by atoms with Gasteiger partial charge >= 0.3 is 6.01 Å². The fourth-order valence-electron chi connectivity index (χ4n) is 2.36. The molecule has 1 aromatic rings. The zero-order chi connectivity index (χ0) is 14.5. The number of ether oxygens (including phenoxy) is 1. The number of aromatic nitrogens is 3. The van der Waals surface area contributed by atoms with Crippen LogP contribution in [0, 0.1) is 11.8 Å². The monoisotopic (exact) mass is 279 g/mol. The van der Waals surface area contributed by atoms with Crippen LogP contribution in [0.1, 0.15) is 34.1 Å². The van der Waals surface area contributed by atoms with Crippen LogP contribution in [0.2, 0.25) is 0 Å². The van der Waals surface area contributed by atoms with Crippen LogP contribution in [-0.4, -0.2) is 41.2 Å². The van der Waals surface area contributed by atoms with Gasteiger partial charge in [-0.2, -0.15) is 15.0 Å². The second-order valence-corrected chi connectivity index (χ2v) is 5.39. The van der Waals surface area contributed by atoms with Crippen LogP contribution in [0.5, 0.6) is 6.01 Å². The standard InChI is InChI=1S/C14H25N5O/c1-5-15-12-16-13(18-14(17-12)20-6-2)19-8-7-10(3)11(4)9-19/h10-11H,5-9H2,1-4H3,(H,15,16,17,18). The van der Waals surface area contributed by atoms with E-state index in [1.807, 2.05) is 13.8 Å². The molecule has 1 aliphatic rings. The molecule has 2 rings (SSSR count). The first kappa shape index (κ1) is 14.8. The molecule has 0 aromatic carbocycles. The summed E-state index contributed by atoms with van der Waals surface area (Å²) in [5.41, 5.74) is 0. The normalized spacial score (nSPS) is 22.7. The minimum atomic E-state index is 0.403. The van der Waals surface area contributed by atoms with Gasteiger partial charge in [0.1, 0.15) is 0 Å². The summed E-state index contributed by atoms with van der Waals surface area (Å²) < 4.78 is 5.44. The highest BCUT2D eigenvalue weighted by molar-refractivity contribution is 5.38. The molecule has 0 bridgehead atoms. The summed E-state index contributed by atoms with van der Waals surface area (Å²) in [5, 5.41) is 3.14. The Morgan fingerprint density at radius 1 is 1.20 bits per heavy atom. The molecule has 6 heteroatoms. The maximum atomic E-state index is 5.44. The first-order valence-electron chi connectivity index (χ1n) is 7.51. The fourth-order valence-corrected chi connectivity index (χ4v) is 2.36. The van der Waals surface area contributed by atoms with Crippen molar-refractivity contribution in [1.82, 2.24) is 15.0 Å². The van der Waals surface area contributed by atoms with Gasteiger partial charge in [0, 0.05) is 19.6 Å². The first-order valence-corrected chi connectivity index (χ1v) is 7.51. The van der Waals surface area contributed by atoms with Crippen LogP contribution < -0.4 is 15.0 Å². The first-order chi connectivity index (χ1) is 9.63. The van der Waals surface area contributed by atoms with E-state index in [9.17, 15) is 0 Å². The van der Waals surface area contributed by atoms with Crippen molar-refractivity contribution in [2.45, 2.75) is 34.1 Å². The van der Waals surface area contributed by atoms with Crippen molar-refractivity contribution in [2.24, 2.45) is 11.8 Å². The predicted octanol–water partition coefficient (Wildman–Crippen LogP) is 2.18. The van der Waals surface area contributed by atoms with Gasteiger partial charge in [0.15, 0.2) is 0 Å². The van der Waals surface area contributed by atoms with Gasteiger partial charge < -0.3 is 15.0 Å². The number of nitrogens with one attached hydrogen (secondary N) is 1. The molecule has 1 fully saturated rings. The second kappa shape index (κ2) is 6.72. The van der Waals surface area contributed by atoms with Crippen molar-refractivity contribution >= 4 is 11.9 Å². The maximum Gasteiger partial charge on any atom is 0.323 e. The van der Waals surface area contributed by atoms with Crippen LogP contribution in [0.3, 0.4) is 0 Å². The molecule has 2 atom stereocenters. The van der Waals surface area contributed by atoms with Gasteiger partial charge in [-0.3, -0.25) is 0 Å². The molecule has 1 aliphatic heterocycles. The van der Waals surface area contributed by atoms with Gasteiger partial charge in [0.05, 0.1) is 6.61 Å². The molecule has 2 unspecified atom stereocenters. The molecular formula is C14H25N5O. The van der Waals surface area contributed by atoms with E-state index in [0.717, 1.165) is 31.5 Å². The Bertz CT molecular complexity index is 415. The van der Waals surface area contributed by atoms with Gasteiger partial charge in [-0.15, -0.1) is 0 Å². The summed E-state index contributed by atoms with van der Waals surface area (Å²) in [7, 11) is 0. The molecular weight excluding hydrogens is 254 g/mol. The maximum absolute atomic E-state index is 5.44. The van der Waals surface area contributed by atoms with E-state index in [1.54, 1.807) is 0 Å². The van der Waals surface area contributed by atoms with Crippen molar-refractivity contribution < 1.29 is 4.74 Å². The number of rotatable bonds is 5. The average Bonchev–Trinajstić information content (AvgIpc) is 2.42. The van der Waals surface area contributed by atoms with Crippen molar-refractivity contribution in [3.05, 3.63) is 0 Å². The van der Waals surface area contributed by atoms with Gasteiger partial charge in [-0.05, 0) is 32.1 Å². The van der Waals surface area contributed by atoms with Gasteiger partial charge in [0.2, 0.25) is 11.9 Å². The Morgan fingerprint density at radius 2 is 2.00 bits per heavy atom. The Kier molecular flexibility index (Phi) is 4.98. The van der Waals surface area contributed by atoms with Crippen molar-refractivity contribution in [3.63, 3.8) is 0 Å². The van der Waals surface area contributed by atoms with Crippen LogP contribution in [0.25, 0.3) is 0 Å². The zero-order valence-electron chi connectivity index (χ0n) is 12.9. The van der Waals surface area contributed by atoms with E-state index in [2.05, 4.69) is 39.0 Å². The summed E-state index contributed by atoms with van der Waals surface area (Å²) in [6.45, 7) is 11.9. The van der Waals surface area contributed by atoms with E-state index in [4.69, 9.17) is 4.74 Å². The largest absolute Gasteiger partial charge is 0.464 e. The van der Waals surface area contributed by atoms with E-state index in [1.165, 1.54) is 6.42 Å². The van der Waals surface area contributed by atoms with Gasteiger partial charge in [-0.25, -0.2) is 0 Å². The number of hydrogen-bond donors (Lipinski definition) is 1. The van der Waals surface area contributed by atoms with E-state index in [-0.39, 0.29) is 0 Å². The summed E-state index contributed by atoms with van der Waals surface area (Å²) in [4.78, 5) is 15.4. The Labute approximate surface area is 121 Å². The van der Waals surface area contributed by atoms with Crippen LogP contribution in [-0.2, 0) is 0 Å². The highest BCUT2D eigenvalue weighted by atomic mass is 16.5. The molecule has 1 N–H and O–H groups in total. The Hall–Kier alpha value is -1.59. The van der Waals surface area contributed by atoms with E-state index < -0.39 is 0 Å². The van der Waals surface area contributed by atoms with E-state index >= 15 is 0 Å². The number of hydrogen-bond acceptors (Lipinski definition) is 6.